The molecular weight excluding hydrogens is 318 g/mol. The van der Waals surface area contributed by atoms with Crippen LogP contribution in [0.1, 0.15) is 54.4 Å². The van der Waals surface area contributed by atoms with Crippen LogP contribution in [0, 0.1) is 29.1 Å². The number of allylic oxidation sites excluding steroid dienone is 1. The van der Waals surface area contributed by atoms with Gasteiger partial charge in [0, 0.05) is 5.92 Å². The monoisotopic (exact) mass is 349 g/mol. The molecule has 1 amide bonds. The summed E-state index contributed by atoms with van der Waals surface area (Å²) >= 11 is 0. The molecule has 5 heteroatoms. The lowest BCUT2D eigenvalue weighted by molar-refractivity contribution is -0.122. The SMILES string of the molecule is CC(=O)C1C/C(=C/C(=O)CNC(=O)OC(C)C(C)C)CC2[C@@H]1C2(C)C. The molecule has 4 atom stereocenters. The van der Waals surface area contributed by atoms with E-state index in [9.17, 15) is 14.4 Å². The van der Waals surface area contributed by atoms with Crippen molar-refractivity contribution in [1.82, 2.24) is 5.32 Å². The highest BCUT2D eigenvalue weighted by Gasteiger charge is 2.63. The largest absolute Gasteiger partial charge is 0.446 e. The lowest BCUT2D eigenvalue weighted by Gasteiger charge is -2.21. The Balaban J connectivity index is 1.89. The topological polar surface area (TPSA) is 72.5 Å². The molecule has 1 N–H and O–H groups in total. The third-order valence-electron chi connectivity index (χ3n) is 6.06. The van der Waals surface area contributed by atoms with E-state index in [1.807, 2.05) is 20.8 Å². The second-order valence-electron chi connectivity index (χ2n) is 8.56. The van der Waals surface area contributed by atoms with Crippen molar-refractivity contribution in [2.24, 2.45) is 29.1 Å². The van der Waals surface area contributed by atoms with Crippen molar-refractivity contribution in [2.45, 2.75) is 60.5 Å². The summed E-state index contributed by atoms with van der Waals surface area (Å²) in [5, 5.41) is 2.51. The summed E-state index contributed by atoms with van der Waals surface area (Å²) in [5.74, 6) is 1.25. The Labute approximate surface area is 150 Å². The predicted molar refractivity (Wildman–Crippen MR) is 96.0 cm³/mol. The van der Waals surface area contributed by atoms with Gasteiger partial charge < -0.3 is 10.1 Å². The fraction of sp³-hybridized carbons (Fsp3) is 0.750. The molecule has 0 heterocycles. The zero-order chi connectivity index (χ0) is 18.9. The van der Waals surface area contributed by atoms with Gasteiger partial charge in [0.2, 0.25) is 0 Å². The van der Waals surface area contributed by atoms with Crippen LogP contribution in [0.5, 0.6) is 0 Å². The van der Waals surface area contributed by atoms with Crippen LogP contribution < -0.4 is 5.32 Å². The number of Topliss-reactive ketones (excluding diaryl/α,β-unsaturated/α-hetero) is 1. The first-order valence-corrected chi connectivity index (χ1v) is 9.21. The number of alkyl carbamates (subject to hydrolysis) is 1. The highest BCUT2D eigenvalue weighted by Crippen LogP contribution is 2.67. The summed E-state index contributed by atoms with van der Waals surface area (Å²) < 4.78 is 5.18. The van der Waals surface area contributed by atoms with Gasteiger partial charge in [0.15, 0.2) is 5.78 Å². The molecule has 3 unspecified atom stereocenters. The van der Waals surface area contributed by atoms with Crippen LogP contribution >= 0.6 is 0 Å². The fourth-order valence-electron chi connectivity index (χ4n) is 4.05. The van der Waals surface area contributed by atoms with Crippen LogP contribution in [0.3, 0.4) is 0 Å². The van der Waals surface area contributed by atoms with Gasteiger partial charge in [-0.05, 0) is 55.9 Å². The minimum atomic E-state index is -0.568. The summed E-state index contributed by atoms with van der Waals surface area (Å²) in [5.41, 5.74) is 1.21. The Kier molecular flexibility index (Phi) is 5.75. The predicted octanol–water partition coefficient (Wildman–Crippen LogP) is 3.52. The highest BCUT2D eigenvalue weighted by molar-refractivity contribution is 5.94. The molecular formula is C20H31NO4. The van der Waals surface area contributed by atoms with Gasteiger partial charge in [0.25, 0.3) is 0 Å². The van der Waals surface area contributed by atoms with Crippen LogP contribution in [-0.2, 0) is 14.3 Å². The van der Waals surface area contributed by atoms with Crippen molar-refractivity contribution in [2.75, 3.05) is 6.54 Å². The molecule has 2 aliphatic carbocycles. The standard InChI is InChI=1S/C20H31NO4/c1-11(2)13(4)25-19(24)21-10-15(23)7-14-8-16(12(3)22)18-17(9-14)20(18,5)6/h7,11,13,16-18H,8-10H2,1-6H3,(H,21,24)/b14-7-/t13?,16?,17?,18-/m1/s1. The third-order valence-corrected chi connectivity index (χ3v) is 6.06. The number of ketones is 2. The Morgan fingerprint density at radius 2 is 1.88 bits per heavy atom. The quantitative estimate of drug-likeness (QED) is 0.745. The zero-order valence-electron chi connectivity index (χ0n) is 16.2. The normalized spacial score (nSPS) is 29.7. The summed E-state index contributed by atoms with van der Waals surface area (Å²) in [6, 6.07) is 0. The van der Waals surface area contributed by atoms with E-state index in [-0.39, 0.29) is 41.5 Å². The van der Waals surface area contributed by atoms with Gasteiger partial charge in [-0.2, -0.15) is 0 Å². The van der Waals surface area contributed by atoms with Crippen molar-refractivity contribution < 1.29 is 19.1 Å². The summed E-state index contributed by atoms with van der Waals surface area (Å²) in [6.45, 7) is 11.7. The van der Waals surface area contributed by atoms with Crippen molar-refractivity contribution in [3.8, 4) is 0 Å². The number of nitrogens with one attached hydrogen (secondary N) is 1. The van der Waals surface area contributed by atoms with Crippen LogP contribution in [-0.4, -0.2) is 30.3 Å². The van der Waals surface area contributed by atoms with Gasteiger partial charge in [0.05, 0.1) is 6.54 Å². The molecule has 0 saturated heterocycles. The molecule has 5 nitrogen and oxygen atoms in total. The third kappa shape index (κ3) is 4.50. The number of hydrogen-bond acceptors (Lipinski definition) is 4. The number of carbonyl (C=O) groups excluding carboxylic acids is 3. The Morgan fingerprint density at radius 1 is 1.24 bits per heavy atom. The summed E-state index contributed by atoms with van der Waals surface area (Å²) in [6.07, 6.45) is 2.40. The smallest absolute Gasteiger partial charge is 0.407 e. The molecule has 0 spiro atoms. The average Bonchev–Trinajstić information content (AvgIpc) is 3.06. The van der Waals surface area contributed by atoms with Gasteiger partial charge in [0.1, 0.15) is 11.9 Å². The molecule has 25 heavy (non-hydrogen) atoms. The molecule has 2 aliphatic rings. The number of fused-ring (bicyclic) bond motifs is 1. The second kappa shape index (κ2) is 7.30. The van der Waals surface area contributed by atoms with E-state index in [2.05, 4.69) is 19.2 Å². The summed E-state index contributed by atoms with van der Waals surface area (Å²) in [4.78, 5) is 35.8. The maximum atomic E-state index is 12.2. The maximum Gasteiger partial charge on any atom is 0.407 e. The number of carbonyl (C=O) groups is 3. The number of hydrogen-bond donors (Lipinski definition) is 1. The molecule has 0 aliphatic heterocycles. The van der Waals surface area contributed by atoms with Crippen molar-refractivity contribution in [1.29, 1.82) is 0 Å². The Bertz CT molecular complexity index is 591. The molecule has 0 aromatic carbocycles. The minimum Gasteiger partial charge on any atom is -0.446 e. The molecule has 140 valence electrons. The zero-order valence-corrected chi connectivity index (χ0v) is 16.2. The Morgan fingerprint density at radius 3 is 2.44 bits per heavy atom. The molecule has 0 aromatic rings. The summed E-state index contributed by atoms with van der Waals surface area (Å²) in [7, 11) is 0. The molecule has 2 saturated carbocycles. The number of rotatable bonds is 6. The minimum absolute atomic E-state index is 0.0256. The van der Waals surface area contributed by atoms with Crippen molar-refractivity contribution in [3.63, 3.8) is 0 Å². The van der Waals surface area contributed by atoms with Gasteiger partial charge in [-0.3, -0.25) is 9.59 Å². The van der Waals surface area contributed by atoms with Gasteiger partial charge in [-0.25, -0.2) is 4.79 Å². The van der Waals surface area contributed by atoms with E-state index in [4.69, 9.17) is 4.74 Å². The molecule has 2 rings (SSSR count). The Hall–Kier alpha value is -1.65. The average molecular weight is 349 g/mol. The van der Waals surface area contributed by atoms with E-state index in [0.717, 1.165) is 12.0 Å². The van der Waals surface area contributed by atoms with E-state index in [0.29, 0.717) is 18.3 Å². The van der Waals surface area contributed by atoms with E-state index in [1.54, 1.807) is 13.0 Å². The second-order valence-corrected chi connectivity index (χ2v) is 8.56. The van der Waals surface area contributed by atoms with E-state index < -0.39 is 6.09 Å². The van der Waals surface area contributed by atoms with Gasteiger partial charge in [-0.1, -0.05) is 33.3 Å². The first kappa shape index (κ1) is 19.7. The molecule has 2 fully saturated rings. The lowest BCUT2D eigenvalue weighted by atomic mass is 9.82. The fourth-order valence-corrected chi connectivity index (χ4v) is 4.05. The molecule has 0 radical (unpaired) electrons. The van der Waals surface area contributed by atoms with Gasteiger partial charge in [-0.15, -0.1) is 0 Å². The van der Waals surface area contributed by atoms with Crippen LogP contribution in [0.4, 0.5) is 4.79 Å². The van der Waals surface area contributed by atoms with E-state index >= 15 is 0 Å². The first-order valence-electron chi connectivity index (χ1n) is 9.21. The first-order chi connectivity index (χ1) is 11.5. The van der Waals surface area contributed by atoms with Crippen molar-refractivity contribution in [3.05, 3.63) is 11.6 Å². The molecule has 0 aromatic heterocycles. The van der Waals surface area contributed by atoms with Crippen LogP contribution in [0.2, 0.25) is 0 Å². The van der Waals surface area contributed by atoms with Crippen molar-refractivity contribution >= 4 is 17.7 Å². The lowest BCUT2D eigenvalue weighted by Crippen LogP contribution is -2.33. The van der Waals surface area contributed by atoms with Crippen LogP contribution in [0.25, 0.3) is 0 Å². The highest BCUT2D eigenvalue weighted by atomic mass is 16.6. The number of ether oxygens (including phenoxy) is 1. The molecule has 0 bridgehead atoms. The van der Waals surface area contributed by atoms with Gasteiger partial charge >= 0.3 is 6.09 Å². The van der Waals surface area contributed by atoms with Crippen LogP contribution in [0.15, 0.2) is 11.6 Å². The number of amides is 1. The maximum absolute atomic E-state index is 12.2. The van der Waals surface area contributed by atoms with E-state index in [1.165, 1.54) is 0 Å².